The second-order valence-electron chi connectivity index (χ2n) is 9.78. The number of ether oxygens (including phenoxy) is 1. The minimum atomic E-state index is -0.406. The van der Waals surface area contributed by atoms with Gasteiger partial charge in [0, 0.05) is 6.42 Å². The zero-order chi connectivity index (χ0) is 22.7. The molecule has 178 valence electrons. The van der Waals surface area contributed by atoms with Crippen molar-refractivity contribution in [1.82, 2.24) is 0 Å². The van der Waals surface area contributed by atoms with E-state index < -0.39 is 6.10 Å². The van der Waals surface area contributed by atoms with E-state index in [1.165, 1.54) is 6.42 Å². The summed E-state index contributed by atoms with van der Waals surface area (Å²) in [5.74, 6) is 0.0540. The van der Waals surface area contributed by atoms with Crippen LogP contribution in [0.4, 0.5) is 0 Å². The third-order valence-corrected chi connectivity index (χ3v) is 8.02. The van der Waals surface area contributed by atoms with Crippen LogP contribution in [-0.4, -0.2) is 46.7 Å². The van der Waals surface area contributed by atoms with Crippen molar-refractivity contribution in [3.8, 4) is 6.07 Å². The summed E-state index contributed by atoms with van der Waals surface area (Å²) < 4.78 is 4.86. The highest BCUT2D eigenvalue weighted by Gasteiger charge is 2.43. The summed E-state index contributed by atoms with van der Waals surface area (Å²) in [6, 6.07) is 2.42. The maximum absolute atomic E-state index is 11.4. The molecular weight excluding hydrogens is 394 g/mol. The van der Waals surface area contributed by atoms with Crippen LogP contribution in [0.3, 0.4) is 0 Å². The van der Waals surface area contributed by atoms with Gasteiger partial charge in [0.1, 0.15) is 6.61 Å². The summed E-state index contributed by atoms with van der Waals surface area (Å²) in [7, 11) is 0. The molecule has 0 aliphatic heterocycles. The van der Waals surface area contributed by atoms with E-state index in [1.54, 1.807) is 0 Å². The van der Waals surface area contributed by atoms with Crippen molar-refractivity contribution < 1.29 is 24.9 Å². The first-order valence-electron chi connectivity index (χ1n) is 12.5. The number of nitrogens with zero attached hydrogens (tertiary/aromatic N) is 1. The van der Waals surface area contributed by atoms with Crippen molar-refractivity contribution in [3.05, 3.63) is 0 Å². The molecule has 2 aliphatic rings. The van der Waals surface area contributed by atoms with Gasteiger partial charge in [0.25, 0.3) is 0 Å². The van der Waals surface area contributed by atoms with Gasteiger partial charge in [-0.15, -0.1) is 0 Å². The summed E-state index contributed by atoms with van der Waals surface area (Å²) in [6.45, 7) is 2.10. The fraction of sp³-hybridized carbons (Fsp3) is 0.920. The number of hydrogen-bond acceptors (Lipinski definition) is 6. The van der Waals surface area contributed by atoms with Crippen molar-refractivity contribution >= 4 is 5.97 Å². The third-order valence-electron chi connectivity index (χ3n) is 8.02. The molecule has 0 aromatic carbocycles. The van der Waals surface area contributed by atoms with Gasteiger partial charge in [0.05, 0.1) is 30.8 Å². The molecule has 0 heterocycles. The summed E-state index contributed by atoms with van der Waals surface area (Å²) in [5, 5.41) is 39.5. The fourth-order valence-corrected chi connectivity index (χ4v) is 5.80. The van der Waals surface area contributed by atoms with Crippen LogP contribution in [-0.2, 0) is 9.53 Å². The maximum atomic E-state index is 11.4. The average molecular weight is 438 g/mol. The van der Waals surface area contributed by atoms with E-state index in [0.29, 0.717) is 12.8 Å². The Hall–Kier alpha value is -1.16. The summed E-state index contributed by atoms with van der Waals surface area (Å²) in [6.07, 6.45) is 12.1. The first-order valence-corrected chi connectivity index (χ1v) is 12.5. The predicted molar refractivity (Wildman–Crippen MR) is 119 cm³/mol. The topological polar surface area (TPSA) is 111 Å². The monoisotopic (exact) mass is 437 g/mol. The van der Waals surface area contributed by atoms with Crippen LogP contribution in [0.1, 0.15) is 96.8 Å². The van der Waals surface area contributed by atoms with Gasteiger partial charge in [-0.1, -0.05) is 39.0 Å². The molecule has 2 fully saturated rings. The highest BCUT2D eigenvalue weighted by Crippen LogP contribution is 2.48. The fourth-order valence-electron chi connectivity index (χ4n) is 5.80. The highest BCUT2D eigenvalue weighted by atomic mass is 16.5. The molecule has 0 saturated heterocycles. The standard InChI is InChI=1S/C25H43NO5/c1-2-25(13-8-14-25)23(29)11-7-10-21-20(19(18-26)17-22(21)28)9-5-3-4-6-12-24(30)31-16-15-27/h19-23,27-29H,2-17H2,1H3/t19?,20-,21?,22+,23?/m0/s1. The van der Waals surface area contributed by atoms with Gasteiger partial charge >= 0.3 is 5.97 Å². The van der Waals surface area contributed by atoms with E-state index in [9.17, 15) is 20.3 Å². The largest absolute Gasteiger partial charge is 0.463 e. The average Bonchev–Trinajstić information content (AvgIpc) is 3.03. The molecule has 31 heavy (non-hydrogen) atoms. The third kappa shape index (κ3) is 7.44. The lowest BCUT2D eigenvalue weighted by molar-refractivity contribution is -0.144. The van der Waals surface area contributed by atoms with Gasteiger partial charge < -0.3 is 20.1 Å². The predicted octanol–water partition coefficient (Wildman–Crippen LogP) is 4.11. The molecule has 0 bridgehead atoms. The van der Waals surface area contributed by atoms with Crippen molar-refractivity contribution in [2.24, 2.45) is 23.2 Å². The number of nitriles is 1. The quantitative estimate of drug-likeness (QED) is 0.263. The van der Waals surface area contributed by atoms with Gasteiger partial charge in [0.2, 0.25) is 0 Å². The Kier molecular flexibility index (Phi) is 11.3. The molecule has 2 rings (SSSR count). The van der Waals surface area contributed by atoms with Crippen LogP contribution in [0.15, 0.2) is 0 Å². The maximum Gasteiger partial charge on any atom is 0.305 e. The Morgan fingerprint density at radius 2 is 1.87 bits per heavy atom. The second-order valence-corrected chi connectivity index (χ2v) is 9.78. The number of unbranched alkanes of at least 4 members (excludes halogenated alkanes) is 3. The molecule has 0 aromatic heterocycles. The Balaban J connectivity index is 1.70. The summed E-state index contributed by atoms with van der Waals surface area (Å²) in [5.41, 5.74) is 0.132. The number of hydrogen-bond donors (Lipinski definition) is 3. The number of rotatable bonds is 15. The first-order chi connectivity index (χ1) is 15.0. The highest BCUT2D eigenvalue weighted by molar-refractivity contribution is 5.69. The molecule has 2 aliphatic carbocycles. The lowest BCUT2D eigenvalue weighted by Gasteiger charge is -2.45. The van der Waals surface area contributed by atoms with E-state index >= 15 is 0 Å². The molecule has 2 saturated carbocycles. The minimum absolute atomic E-state index is 0.0657. The van der Waals surface area contributed by atoms with Crippen molar-refractivity contribution in [2.45, 2.75) is 109 Å². The lowest BCUT2D eigenvalue weighted by atomic mass is 9.62. The number of carbonyl (C=O) groups excluding carboxylic acids is 1. The van der Waals surface area contributed by atoms with E-state index in [4.69, 9.17) is 9.84 Å². The molecule has 3 unspecified atom stereocenters. The van der Waals surface area contributed by atoms with E-state index in [0.717, 1.165) is 70.6 Å². The zero-order valence-electron chi connectivity index (χ0n) is 19.3. The number of esters is 1. The van der Waals surface area contributed by atoms with Gasteiger partial charge in [-0.05, 0) is 68.6 Å². The summed E-state index contributed by atoms with van der Waals surface area (Å²) in [4.78, 5) is 11.4. The number of carbonyl (C=O) groups is 1. The smallest absolute Gasteiger partial charge is 0.305 e. The molecule has 0 spiro atoms. The molecule has 0 amide bonds. The van der Waals surface area contributed by atoms with Gasteiger partial charge in [0.15, 0.2) is 0 Å². The zero-order valence-corrected chi connectivity index (χ0v) is 19.3. The van der Waals surface area contributed by atoms with Crippen LogP contribution in [0.5, 0.6) is 0 Å². The van der Waals surface area contributed by atoms with Crippen LogP contribution < -0.4 is 0 Å². The van der Waals surface area contributed by atoms with E-state index in [1.807, 2.05) is 0 Å². The number of aliphatic hydroxyl groups excluding tert-OH is 3. The molecule has 0 aromatic rings. The van der Waals surface area contributed by atoms with Crippen LogP contribution in [0.25, 0.3) is 0 Å². The molecule has 6 heteroatoms. The van der Waals surface area contributed by atoms with Crippen molar-refractivity contribution in [1.29, 1.82) is 5.26 Å². The molecule has 6 nitrogen and oxygen atoms in total. The van der Waals surface area contributed by atoms with Crippen LogP contribution in [0, 0.1) is 34.5 Å². The van der Waals surface area contributed by atoms with Crippen LogP contribution >= 0.6 is 0 Å². The van der Waals surface area contributed by atoms with Gasteiger partial charge in [-0.25, -0.2) is 0 Å². The Morgan fingerprint density at radius 1 is 1.16 bits per heavy atom. The summed E-state index contributed by atoms with van der Waals surface area (Å²) >= 11 is 0. The first kappa shape index (κ1) is 26.1. The Bertz CT molecular complexity index is 565. The molecular formula is C25H43NO5. The SMILES string of the molecule is CCC1(C(O)CCCC2[C@@H](CCCCCCC(=O)OCCO)C(C#N)C[C@H]2O)CCC1. The molecule has 3 N–H and O–H groups in total. The lowest BCUT2D eigenvalue weighted by Crippen LogP contribution is -2.40. The number of aliphatic hydroxyl groups is 3. The van der Waals surface area contributed by atoms with Gasteiger partial charge in [-0.2, -0.15) is 5.26 Å². The van der Waals surface area contributed by atoms with E-state index in [-0.39, 0.29) is 48.5 Å². The van der Waals surface area contributed by atoms with Crippen molar-refractivity contribution in [3.63, 3.8) is 0 Å². The molecule has 5 atom stereocenters. The van der Waals surface area contributed by atoms with Crippen LogP contribution in [0.2, 0.25) is 0 Å². The normalized spacial score (nSPS) is 28.0. The van der Waals surface area contributed by atoms with Crippen molar-refractivity contribution in [2.75, 3.05) is 13.2 Å². The minimum Gasteiger partial charge on any atom is -0.463 e. The second kappa shape index (κ2) is 13.4. The molecule has 0 radical (unpaired) electrons. The van der Waals surface area contributed by atoms with E-state index in [2.05, 4.69) is 13.0 Å². The Morgan fingerprint density at radius 3 is 2.48 bits per heavy atom. The Labute approximate surface area is 188 Å². The van der Waals surface area contributed by atoms with Gasteiger partial charge in [-0.3, -0.25) is 4.79 Å².